The molecular weight excluding hydrogens is 236 g/mol. The van der Waals surface area contributed by atoms with E-state index >= 15 is 0 Å². The maximum absolute atomic E-state index is 10.2. The molecule has 0 aliphatic carbocycles. The number of carbonyl (C=O) groups excluding carboxylic acids is 1. The van der Waals surface area contributed by atoms with E-state index in [4.69, 9.17) is 16.3 Å². The third kappa shape index (κ3) is 2.97. The Balaban J connectivity index is 2.25. The highest BCUT2D eigenvalue weighted by molar-refractivity contribution is 6.32. The number of hydrogen-bond donors (Lipinski definition) is 0. The van der Waals surface area contributed by atoms with Gasteiger partial charge in [0.15, 0.2) is 0 Å². The van der Waals surface area contributed by atoms with Crippen LogP contribution < -0.4 is 4.74 Å². The summed E-state index contributed by atoms with van der Waals surface area (Å²) in [6.45, 7) is 0. The van der Waals surface area contributed by atoms with Gasteiger partial charge in [0.05, 0.1) is 5.02 Å². The fourth-order valence-electron chi connectivity index (χ4n) is 1.37. The smallest absolute Gasteiger partial charge is 0.146 e. The quantitative estimate of drug-likeness (QED) is 0.764. The van der Waals surface area contributed by atoms with Crippen molar-refractivity contribution >= 4 is 23.6 Å². The molecule has 3 heteroatoms. The van der Waals surface area contributed by atoms with Crippen LogP contribution in [-0.4, -0.2) is 5.94 Å². The van der Waals surface area contributed by atoms with Crippen LogP contribution in [0.15, 0.2) is 48.5 Å². The van der Waals surface area contributed by atoms with Gasteiger partial charge in [-0.25, -0.2) is 4.79 Å². The first-order valence-electron chi connectivity index (χ1n) is 5.03. The third-order valence-corrected chi connectivity index (χ3v) is 2.45. The normalized spacial score (nSPS) is 9.47. The minimum atomic E-state index is 0.456. The lowest BCUT2D eigenvalue weighted by molar-refractivity contribution is 0.483. The molecule has 2 aromatic carbocycles. The molecule has 0 radical (unpaired) electrons. The summed E-state index contributed by atoms with van der Waals surface area (Å²) in [4.78, 5) is 10.2. The van der Waals surface area contributed by atoms with Gasteiger partial charge in [-0.2, -0.15) is 0 Å². The molecule has 0 saturated carbocycles. The van der Waals surface area contributed by atoms with Gasteiger partial charge in [0.2, 0.25) is 0 Å². The van der Waals surface area contributed by atoms with Crippen LogP contribution in [0.4, 0.5) is 0 Å². The molecule has 0 atom stereocenters. The lowest BCUT2D eigenvalue weighted by Gasteiger charge is -2.07. The number of benzene rings is 2. The molecule has 0 aliphatic rings. The Hall–Kier alpha value is -2.02. The second kappa shape index (κ2) is 5.35. The number of rotatable bonds is 3. The van der Waals surface area contributed by atoms with E-state index in [0.29, 0.717) is 22.1 Å². The van der Waals surface area contributed by atoms with E-state index in [1.54, 1.807) is 24.1 Å². The predicted molar refractivity (Wildman–Crippen MR) is 68.1 cm³/mol. The molecular formula is C14H9ClO2. The van der Waals surface area contributed by atoms with Crippen molar-refractivity contribution in [1.82, 2.24) is 0 Å². The molecule has 0 aromatic heterocycles. The maximum Gasteiger partial charge on any atom is 0.146 e. The van der Waals surface area contributed by atoms with Crippen molar-refractivity contribution in [2.24, 2.45) is 0 Å². The van der Waals surface area contributed by atoms with Gasteiger partial charge < -0.3 is 4.74 Å². The first-order valence-corrected chi connectivity index (χ1v) is 5.41. The van der Waals surface area contributed by atoms with Crippen molar-refractivity contribution in [2.45, 2.75) is 0 Å². The molecule has 0 bridgehead atoms. The summed E-state index contributed by atoms with van der Waals surface area (Å²) in [6, 6.07) is 14.5. The van der Waals surface area contributed by atoms with E-state index in [1.165, 1.54) is 6.08 Å². The molecule has 0 amide bonds. The van der Waals surface area contributed by atoms with Crippen LogP contribution in [0.3, 0.4) is 0 Å². The van der Waals surface area contributed by atoms with Crippen LogP contribution in [0.5, 0.6) is 11.5 Å². The minimum absolute atomic E-state index is 0.456. The van der Waals surface area contributed by atoms with Gasteiger partial charge in [-0.15, -0.1) is 0 Å². The molecule has 2 nitrogen and oxygen atoms in total. The summed E-state index contributed by atoms with van der Waals surface area (Å²) >= 11 is 6.04. The monoisotopic (exact) mass is 244 g/mol. The highest BCUT2D eigenvalue weighted by atomic mass is 35.5. The fourth-order valence-corrected chi connectivity index (χ4v) is 1.60. The van der Waals surface area contributed by atoms with Crippen LogP contribution in [-0.2, 0) is 4.79 Å². The first-order chi connectivity index (χ1) is 8.29. The summed E-state index contributed by atoms with van der Waals surface area (Å²) in [5, 5.41) is 0.456. The number of halogens is 1. The topological polar surface area (TPSA) is 26.3 Å². The molecule has 0 spiro atoms. The number of hydrogen-bond acceptors (Lipinski definition) is 2. The van der Waals surface area contributed by atoms with Crippen LogP contribution >= 0.6 is 11.6 Å². The van der Waals surface area contributed by atoms with E-state index in [2.05, 4.69) is 0 Å². The predicted octanol–water partition coefficient (Wildman–Crippen LogP) is 3.98. The van der Waals surface area contributed by atoms with Gasteiger partial charge in [-0.3, -0.25) is 0 Å². The van der Waals surface area contributed by atoms with Crippen LogP contribution in [0.1, 0.15) is 5.56 Å². The second-order valence-corrected chi connectivity index (χ2v) is 3.77. The number of para-hydroxylation sites is 1. The van der Waals surface area contributed by atoms with Gasteiger partial charge in [0, 0.05) is 6.08 Å². The molecule has 0 unspecified atom stereocenters. The van der Waals surface area contributed by atoms with E-state index in [0.717, 1.165) is 0 Å². The van der Waals surface area contributed by atoms with Crippen molar-refractivity contribution in [3.63, 3.8) is 0 Å². The molecule has 0 aliphatic heterocycles. The first kappa shape index (κ1) is 11.5. The van der Waals surface area contributed by atoms with Crippen molar-refractivity contribution in [1.29, 1.82) is 0 Å². The molecule has 0 fully saturated rings. The average Bonchev–Trinajstić information content (AvgIpc) is 2.34. The zero-order chi connectivity index (χ0) is 12.1. The SMILES string of the molecule is O=C=Cc1ccc(Oc2ccccc2)c(Cl)c1. The Morgan fingerprint density at radius 1 is 1.12 bits per heavy atom. The molecule has 0 N–H and O–H groups in total. The Kier molecular flexibility index (Phi) is 3.61. The Morgan fingerprint density at radius 3 is 2.53 bits per heavy atom. The largest absolute Gasteiger partial charge is 0.456 e. The Labute approximate surface area is 104 Å². The standard InChI is InChI=1S/C14H9ClO2/c15-13-10-11(8-9-16)6-7-14(13)17-12-4-2-1-3-5-12/h1-8,10H. The molecule has 0 saturated heterocycles. The highest BCUT2D eigenvalue weighted by Gasteiger charge is 2.03. The summed E-state index contributed by atoms with van der Waals surface area (Å²) in [5.41, 5.74) is 0.699. The van der Waals surface area contributed by atoms with Gasteiger partial charge >= 0.3 is 0 Å². The van der Waals surface area contributed by atoms with Crippen LogP contribution in [0.2, 0.25) is 5.02 Å². The van der Waals surface area contributed by atoms with Crippen molar-refractivity contribution in [2.75, 3.05) is 0 Å². The third-order valence-electron chi connectivity index (χ3n) is 2.15. The Morgan fingerprint density at radius 2 is 1.88 bits per heavy atom. The zero-order valence-corrected chi connectivity index (χ0v) is 9.65. The van der Waals surface area contributed by atoms with Crippen LogP contribution in [0.25, 0.3) is 6.08 Å². The average molecular weight is 245 g/mol. The molecule has 2 rings (SSSR count). The molecule has 0 heterocycles. The summed E-state index contributed by atoms with van der Waals surface area (Å²) in [5.74, 6) is 2.98. The van der Waals surface area contributed by atoms with Gasteiger partial charge in [0.1, 0.15) is 17.4 Å². The summed E-state index contributed by atoms with van der Waals surface area (Å²) in [7, 11) is 0. The lowest BCUT2D eigenvalue weighted by Crippen LogP contribution is -1.85. The van der Waals surface area contributed by atoms with Gasteiger partial charge in [0.25, 0.3) is 0 Å². The summed E-state index contributed by atoms with van der Waals surface area (Å²) in [6.07, 6.45) is 1.32. The van der Waals surface area contributed by atoms with Crippen LogP contribution in [0, 0.1) is 0 Å². The van der Waals surface area contributed by atoms with Gasteiger partial charge in [-0.05, 0) is 29.8 Å². The number of ether oxygens (including phenoxy) is 1. The second-order valence-electron chi connectivity index (χ2n) is 3.37. The maximum atomic E-state index is 10.2. The zero-order valence-electron chi connectivity index (χ0n) is 8.89. The molecule has 2 aromatic rings. The van der Waals surface area contributed by atoms with Crippen molar-refractivity contribution < 1.29 is 9.53 Å². The van der Waals surface area contributed by atoms with Crippen molar-refractivity contribution in [3.8, 4) is 11.5 Å². The van der Waals surface area contributed by atoms with E-state index in [-0.39, 0.29) is 0 Å². The lowest BCUT2D eigenvalue weighted by atomic mass is 10.2. The van der Waals surface area contributed by atoms with E-state index in [9.17, 15) is 4.79 Å². The molecule has 17 heavy (non-hydrogen) atoms. The van der Waals surface area contributed by atoms with Gasteiger partial charge in [-0.1, -0.05) is 35.9 Å². The van der Waals surface area contributed by atoms with Crippen molar-refractivity contribution in [3.05, 3.63) is 59.1 Å². The minimum Gasteiger partial charge on any atom is -0.456 e. The highest BCUT2D eigenvalue weighted by Crippen LogP contribution is 2.30. The molecule has 84 valence electrons. The fraction of sp³-hybridized carbons (Fsp3) is 0. The van der Waals surface area contributed by atoms with E-state index < -0.39 is 0 Å². The Bertz CT molecular complexity index is 558. The van der Waals surface area contributed by atoms with E-state index in [1.807, 2.05) is 30.3 Å². The summed E-state index contributed by atoms with van der Waals surface area (Å²) < 4.78 is 5.60.